The molecule has 0 aromatic heterocycles. The first-order valence-corrected chi connectivity index (χ1v) is 8.81. The fourth-order valence-corrected chi connectivity index (χ4v) is 3.07. The molecule has 6 heteroatoms. The molecule has 25 heavy (non-hydrogen) atoms. The Morgan fingerprint density at radius 2 is 1.80 bits per heavy atom. The highest BCUT2D eigenvalue weighted by atomic mass is 16.5. The topological polar surface area (TPSA) is 84.5 Å². The van der Waals surface area contributed by atoms with Gasteiger partial charge in [-0.15, -0.1) is 0 Å². The number of hydrogen-bond acceptors (Lipinski definition) is 4. The monoisotopic (exact) mass is 346 g/mol. The van der Waals surface area contributed by atoms with E-state index in [1.54, 1.807) is 0 Å². The van der Waals surface area contributed by atoms with Gasteiger partial charge in [0.15, 0.2) is 6.61 Å². The Balaban J connectivity index is 1.80. The van der Waals surface area contributed by atoms with Crippen molar-refractivity contribution in [1.82, 2.24) is 10.6 Å². The molecule has 1 saturated carbocycles. The van der Waals surface area contributed by atoms with Crippen molar-refractivity contribution in [1.29, 1.82) is 0 Å². The first-order valence-electron chi connectivity index (χ1n) is 8.81. The van der Waals surface area contributed by atoms with Crippen LogP contribution in [-0.2, 0) is 19.1 Å². The summed E-state index contributed by atoms with van der Waals surface area (Å²) in [4.78, 5) is 35.3. The van der Waals surface area contributed by atoms with E-state index in [9.17, 15) is 14.4 Å². The summed E-state index contributed by atoms with van der Waals surface area (Å²) >= 11 is 0. The highest BCUT2D eigenvalue weighted by Crippen LogP contribution is 2.18. The Kier molecular flexibility index (Phi) is 7.44. The van der Waals surface area contributed by atoms with Gasteiger partial charge in [0.2, 0.25) is 5.91 Å². The molecule has 0 unspecified atom stereocenters. The quantitative estimate of drug-likeness (QED) is 0.742. The number of amides is 2. The van der Waals surface area contributed by atoms with Gasteiger partial charge in [-0.1, -0.05) is 49.6 Å². The number of carbonyl (C=O) groups excluding carboxylic acids is 3. The molecule has 0 saturated heterocycles. The summed E-state index contributed by atoms with van der Waals surface area (Å²) in [6, 6.07) is 8.94. The molecule has 2 amide bonds. The molecular weight excluding hydrogens is 320 g/mol. The Morgan fingerprint density at radius 3 is 2.44 bits per heavy atom. The highest BCUT2D eigenvalue weighted by molar-refractivity contribution is 5.81. The van der Waals surface area contributed by atoms with Crippen LogP contribution < -0.4 is 10.6 Å². The lowest BCUT2D eigenvalue weighted by Crippen LogP contribution is -2.39. The molecule has 2 rings (SSSR count). The van der Waals surface area contributed by atoms with Crippen molar-refractivity contribution in [3.63, 3.8) is 0 Å². The van der Waals surface area contributed by atoms with E-state index in [0.29, 0.717) is 0 Å². The van der Waals surface area contributed by atoms with Crippen LogP contribution >= 0.6 is 0 Å². The van der Waals surface area contributed by atoms with Gasteiger partial charge in [0.25, 0.3) is 5.91 Å². The summed E-state index contributed by atoms with van der Waals surface area (Å²) in [6.45, 7) is 1.12. The SMILES string of the molecule is CC(=O)N[C@H](CC(=O)OCC(=O)NC1CCCCC1)c1ccccc1. The van der Waals surface area contributed by atoms with E-state index in [1.165, 1.54) is 13.3 Å². The van der Waals surface area contributed by atoms with E-state index in [2.05, 4.69) is 10.6 Å². The van der Waals surface area contributed by atoms with Crippen LogP contribution in [0.25, 0.3) is 0 Å². The molecule has 1 fully saturated rings. The Labute approximate surface area is 148 Å². The molecule has 1 aromatic carbocycles. The van der Waals surface area contributed by atoms with Crippen molar-refractivity contribution in [3.05, 3.63) is 35.9 Å². The number of hydrogen-bond donors (Lipinski definition) is 2. The van der Waals surface area contributed by atoms with Crippen LogP contribution in [-0.4, -0.2) is 30.4 Å². The zero-order valence-corrected chi connectivity index (χ0v) is 14.6. The molecule has 1 atom stereocenters. The lowest BCUT2D eigenvalue weighted by molar-refractivity contribution is -0.149. The van der Waals surface area contributed by atoms with Crippen molar-refractivity contribution in [2.75, 3.05) is 6.61 Å². The third-order valence-electron chi connectivity index (χ3n) is 4.28. The molecule has 0 bridgehead atoms. The minimum Gasteiger partial charge on any atom is -0.456 e. The number of carbonyl (C=O) groups is 3. The minimum atomic E-state index is -0.513. The fourth-order valence-electron chi connectivity index (χ4n) is 3.07. The maximum absolute atomic E-state index is 12.1. The second-order valence-electron chi connectivity index (χ2n) is 6.43. The molecule has 0 spiro atoms. The standard InChI is InChI=1S/C19H26N2O4/c1-14(22)20-17(15-8-4-2-5-9-15)12-19(24)25-13-18(23)21-16-10-6-3-7-11-16/h2,4-5,8-9,16-17H,3,6-7,10-13H2,1H3,(H,20,22)(H,21,23)/t17-/m1/s1. The highest BCUT2D eigenvalue weighted by Gasteiger charge is 2.20. The van der Waals surface area contributed by atoms with E-state index >= 15 is 0 Å². The van der Waals surface area contributed by atoms with Crippen LogP contribution in [0.1, 0.15) is 57.1 Å². The normalized spacial score (nSPS) is 15.9. The molecule has 0 heterocycles. The van der Waals surface area contributed by atoms with Crippen LogP contribution in [0, 0.1) is 0 Å². The average molecular weight is 346 g/mol. The van der Waals surface area contributed by atoms with Crippen LogP contribution in [0.5, 0.6) is 0 Å². The Bertz CT molecular complexity index is 582. The van der Waals surface area contributed by atoms with Gasteiger partial charge < -0.3 is 15.4 Å². The summed E-state index contributed by atoms with van der Waals surface area (Å²) in [5.74, 6) is -1.01. The summed E-state index contributed by atoms with van der Waals surface area (Å²) in [5, 5.41) is 5.65. The zero-order valence-electron chi connectivity index (χ0n) is 14.6. The van der Waals surface area contributed by atoms with E-state index in [1.807, 2.05) is 30.3 Å². The van der Waals surface area contributed by atoms with Gasteiger partial charge in [-0.2, -0.15) is 0 Å². The second-order valence-corrected chi connectivity index (χ2v) is 6.43. The minimum absolute atomic E-state index is 0.0136. The predicted octanol–water partition coefficient (Wildman–Crippen LogP) is 2.25. The third-order valence-corrected chi connectivity index (χ3v) is 4.28. The fraction of sp³-hybridized carbons (Fsp3) is 0.526. The molecular formula is C19H26N2O4. The molecule has 6 nitrogen and oxygen atoms in total. The van der Waals surface area contributed by atoms with Gasteiger partial charge in [-0.05, 0) is 18.4 Å². The van der Waals surface area contributed by atoms with E-state index in [0.717, 1.165) is 31.2 Å². The number of benzene rings is 1. The van der Waals surface area contributed by atoms with Gasteiger partial charge in [0, 0.05) is 13.0 Å². The molecule has 0 radical (unpaired) electrons. The van der Waals surface area contributed by atoms with Crippen LogP contribution in [0.4, 0.5) is 0 Å². The third kappa shape index (κ3) is 6.95. The first-order chi connectivity index (χ1) is 12.0. The molecule has 1 aliphatic rings. The van der Waals surface area contributed by atoms with Gasteiger partial charge >= 0.3 is 5.97 Å². The van der Waals surface area contributed by atoms with Crippen LogP contribution in [0.15, 0.2) is 30.3 Å². The summed E-state index contributed by atoms with van der Waals surface area (Å²) in [7, 11) is 0. The Hall–Kier alpha value is -2.37. The zero-order chi connectivity index (χ0) is 18.1. The van der Waals surface area contributed by atoms with E-state index in [-0.39, 0.29) is 30.9 Å². The van der Waals surface area contributed by atoms with Crippen molar-refractivity contribution in [3.8, 4) is 0 Å². The van der Waals surface area contributed by atoms with Gasteiger partial charge in [0.05, 0.1) is 12.5 Å². The number of ether oxygens (including phenoxy) is 1. The molecule has 1 aliphatic carbocycles. The van der Waals surface area contributed by atoms with Crippen molar-refractivity contribution < 1.29 is 19.1 Å². The van der Waals surface area contributed by atoms with E-state index < -0.39 is 12.0 Å². The lowest BCUT2D eigenvalue weighted by Gasteiger charge is -2.22. The predicted molar refractivity (Wildman–Crippen MR) is 93.6 cm³/mol. The van der Waals surface area contributed by atoms with Gasteiger partial charge in [-0.3, -0.25) is 14.4 Å². The summed E-state index contributed by atoms with van der Waals surface area (Å²) < 4.78 is 5.08. The first kappa shape index (κ1) is 19.0. The molecule has 1 aromatic rings. The smallest absolute Gasteiger partial charge is 0.308 e. The number of nitrogens with one attached hydrogen (secondary N) is 2. The van der Waals surface area contributed by atoms with Crippen LogP contribution in [0.3, 0.4) is 0 Å². The number of rotatable bonds is 7. The van der Waals surface area contributed by atoms with Crippen LogP contribution in [0.2, 0.25) is 0 Å². The largest absolute Gasteiger partial charge is 0.456 e. The Morgan fingerprint density at radius 1 is 1.12 bits per heavy atom. The number of esters is 1. The van der Waals surface area contributed by atoms with Crippen molar-refractivity contribution in [2.45, 2.75) is 57.5 Å². The van der Waals surface area contributed by atoms with Crippen molar-refractivity contribution >= 4 is 17.8 Å². The van der Waals surface area contributed by atoms with Gasteiger partial charge in [-0.25, -0.2) is 0 Å². The average Bonchev–Trinajstić information content (AvgIpc) is 2.61. The summed E-state index contributed by atoms with van der Waals surface area (Å²) in [6.07, 6.45) is 5.42. The van der Waals surface area contributed by atoms with Gasteiger partial charge in [0.1, 0.15) is 0 Å². The maximum Gasteiger partial charge on any atom is 0.308 e. The lowest BCUT2D eigenvalue weighted by atomic mass is 9.95. The van der Waals surface area contributed by atoms with Crippen molar-refractivity contribution in [2.24, 2.45) is 0 Å². The summed E-state index contributed by atoms with van der Waals surface area (Å²) in [5.41, 5.74) is 0.821. The molecule has 136 valence electrons. The van der Waals surface area contributed by atoms with E-state index in [4.69, 9.17) is 4.74 Å². The molecule has 2 N–H and O–H groups in total. The second kappa shape index (κ2) is 9.81. The molecule has 0 aliphatic heterocycles. The maximum atomic E-state index is 12.1.